The number of carbonyl (C=O) groups excluding carboxylic acids is 2. The molecule has 0 atom stereocenters. The molecule has 0 amide bonds. The summed E-state index contributed by atoms with van der Waals surface area (Å²) in [6, 6.07) is 9.92. The largest absolute Gasteiger partial charge is 0.507 e. The van der Waals surface area contributed by atoms with Crippen LogP contribution in [-0.4, -0.2) is 77.0 Å². The summed E-state index contributed by atoms with van der Waals surface area (Å²) in [6.07, 6.45) is 0. The van der Waals surface area contributed by atoms with Crippen LogP contribution in [0, 0.1) is 0 Å². The first kappa shape index (κ1) is 26.5. The van der Waals surface area contributed by atoms with E-state index in [1.807, 2.05) is 0 Å². The summed E-state index contributed by atoms with van der Waals surface area (Å²) in [5.74, 6) is -0.683. The number of likely N-dealkylation sites (N-methyl/N-ethyl adjacent to an activating group) is 1. The lowest BCUT2D eigenvalue weighted by Crippen LogP contribution is -2.46. The number of hydrogen-bond acceptors (Lipinski definition) is 8. The third kappa shape index (κ3) is 5.97. The number of benzene rings is 2. The van der Waals surface area contributed by atoms with Gasteiger partial charge in [0.2, 0.25) is 0 Å². The second kappa shape index (κ2) is 10.9. The monoisotopic (exact) mass is 479 g/mol. The molecule has 2 aromatic rings. The molecule has 1 aliphatic rings. The molecule has 33 heavy (non-hydrogen) atoms. The van der Waals surface area contributed by atoms with Crippen LogP contribution in [0.1, 0.15) is 45.7 Å². The van der Waals surface area contributed by atoms with E-state index in [4.69, 9.17) is 0 Å². The molecular formula is C23H31N2O7S+. The molecule has 0 unspecified atom stereocenters. The minimum Gasteiger partial charge on any atom is -0.507 e. The Bertz CT molecular complexity index is 1120. The lowest BCUT2D eigenvalue weighted by Gasteiger charge is -2.32. The fourth-order valence-electron chi connectivity index (χ4n) is 3.42. The van der Waals surface area contributed by atoms with Crippen LogP contribution < -0.4 is 5.32 Å². The van der Waals surface area contributed by atoms with E-state index >= 15 is 0 Å². The fraction of sp³-hybridized carbons (Fsp3) is 0.391. The van der Waals surface area contributed by atoms with Gasteiger partial charge in [0.05, 0.1) is 58.6 Å². The van der Waals surface area contributed by atoms with Gasteiger partial charge in [0, 0.05) is 16.8 Å². The zero-order valence-electron chi connectivity index (χ0n) is 19.5. The summed E-state index contributed by atoms with van der Waals surface area (Å²) in [4.78, 5) is 25.8. The number of quaternary nitrogens is 1. The third-order valence-corrected chi connectivity index (χ3v) is 6.77. The van der Waals surface area contributed by atoms with Crippen molar-refractivity contribution in [3.63, 3.8) is 0 Å². The fourth-order valence-corrected chi connectivity index (χ4v) is 3.56. The Morgan fingerprint density at radius 2 is 1.42 bits per heavy atom. The summed E-state index contributed by atoms with van der Waals surface area (Å²) < 4.78 is 28.4. The van der Waals surface area contributed by atoms with Crippen molar-refractivity contribution in [2.24, 2.45) is 0 Å². The topological polar surface area (TPSA) is 119 Å². The molecule has 0 spiro atoms. The van der Waals surface area contributed by atoms with E-state index in [0.29, 0.717) is 23.4 Å². The van der Waals surface area contributed by atoms with Crippen molar-refractivity contribution < 1.29 is 36.0 Å². The average molecular weight is 480 g/mol. The summed E-state index contributed by atoms with van der Waals surface area (Å²) in [7, 11) is 0.589. The second-order valence-electron chi connectivity index (χ2n) is 7.73. The van der Waals surface area contributed by atoms with Gasteiger partial charge in [0.1, 0.15) is 5.75 Å². The van der Waals surface area contributed by atoms with Crippen LogP contribution in [-0.2, 0) is 18.8 Å². The van der Waals surface area contributed by atoms with Crippen LogP contribution in [0.4, 0.5) is 5.69 Å². The Labute approximate surface area is 194 Å². The summed E-state index contributed by atoms with van der Waals surface area (Å²) in [6.45, 7) is 7.95. The van der Waals surface area contributed by atoms with E-state index in [1.54, 1.807) is 30.3 Å². The molecule has 0 fully saturated rings. The van der Waals surface area contributed by atoms with E-state index in [-0.39, 0.29) is 28.4 Å². The van der Waals surface area contributed by atoms with Crippen molar-refractivity contribution >= 4 is 27.7 Å². The molecule has 180 valence electrons. The zero-order valence-corrected chi connectivity index (χ0v) is 20.4. The molecule has 9 nitrogen and oxygen atoms in total. The number of ketones is 2. The van der Waals surface area contributed by atoms with Crippen molar-refractivity contribution in [1.29, 1.82) is 0 Å². The Morgan fingerprint density at radius 1 is 0.909 bits per heavy atom. The SMILES string of the molecule is CC[N+](C)(CC)CCNc1ccc(O)c2c1C(=O)c1ccccc1C2=O.COS(=O)(=O)OC. The van der Waals surface area contributed by atoms with Crippen LogP contribution in [0.15, 0.2) is 36.4 Å². The summed E-state index contributed by atoms with van der Waals surface area (Å²) >= 11 is 0. The standard InChI is InChI=1S/C21H24N2O3.C2H6O4S/c1-4-23(3,5-2)13-12-22-16-10-11-17(24)19-18(16)20(25)14-8-6-7-9-15(14)21(19)26;1-5-7(3,4)6-2/h6-11H,4-5,12-13H2,1-3H3,(H-,22,24,25,26);1-2H3/p+1. The van der Waals surface area contributed by atoms with Crippen LogP contribution >= 0.6 is 0 Å². The Kier molecular flexibility index (Phi) is 8.73. The van der Waals surface area contributed by atoms with Gasteiger partial charge in [0.15, 0.2) is 11.6 Å². The van der Waals surface area contributed by atoms with E-state index < -0.39 is 10.4 Å². The maximum absolute atomic E-state index is 13.0. The van der Waals surface area contributed by atoms with Gasteiger partial charge >= 0.3 is 10.4 Å². The number of carbonyl (C=O) groups is 2. The molecule has 2 aromatic carbocycles. The van der Waals surface area contributed by atoms with E-state index in [1.165, 1.54) is 6.07 Å². The van der Waals surface area contributed by atoms with Gasteiger partial charge in [-0.2, -0.15) is 8.42 Å². The third-order valence-electron chi connectivity index (χ3n) is 5.96. The van der Waals surface area contributed by atoms with Gasteiger partial charge < -0.3 is 14.9 Å². The minimum atomic E-state index is -3.66. The number of anilines is 1. The van der Waals surface area contributed by atoms with Gasteiger partial charge in [0.25, 0.3) is 0 Å². The highest BCUT2D eigenvalue weighted by Gasteiger charge is 2.34. The highest BCUT2D eigenvalue weighted by atomic mass is 32.3. The van der Waals surface area contributed by atoms with Gasteiger partial charge in [-0.1, -0.05) is 24.3 Å². The molecule has 0 bridgehead atoms. The number of phenolic OH excluding ortho intramolecular Hbond substituents is 1. The number of fused-ring (bicyclic) bond motifs is 2. The highest BCUT2D eigenvalue weighted by Crippen LogP contribution is 2.36. The summed E-state index contributed by atoms with van der Waals surface area (Å²) in [5, 5.41) is 13.5. The first-order chi connectivity index (χ1) is 15.5. The second-order valence-corrected chi connectivity index (χ2v) is 9.21. The van der Waals surface area contributed by atoms with Gasteiger partial charge in [-0.05, 0) is 26.0 Å². The van der Waals surface area contributed by atoms with Crippen molar-refractivity contribution in [2.45, 2.75) is 13.8 Å². The van der Waals surface area contributed by atoms with Gasteiger partial charge in [-0.15, -0.1) is 0 Å². The molecule has 0 radical (unpaired) electrons. The Hall–Kier alpha value is -2.79. The molecule has 2 N–H and O–H groups in total. The molecule has 0 saturated carbocycles. The molecule has 10 heteroatoms. The van der Waals surface area contributed by atoms with Crippen molar-refractivity contribution in [2.75, 3.05) is 52.8 Å². The van der Waals surface area contributed by atoms with Crippen LogP contribution in [0.25, 0.3) is 0 Å². The first-order valence-electron chi connectivity index (χ1n) is 10.5. The zero-order chi connectivity index (χ0) is 24.8. The van der Waals surface area contributed by atoms with Crippen LogP contribution in [0.3, 0.4) is 0 Å². The van der Waals surface area contributed by atoms with Crippen molar-refractivity contribution in [3.8, 4) is 5.75 Å². The minimum absolute atomic E-state index is 0.0990. The molecule has 0 aliphatic heterocycles. The van der Waals surface area contributed by atoms with Gasteiger partial charge in [-0.25, -0.2) is 0 Å². The Morgan fingerprint density at radius 3 is 1.88 bits per heavy atom. The number of nitrogens with one attached hydrogen (secondary N) is 1. The first-order valence-corrected chi connectivity index (χ1v) is 11.9. The van der Waals surface area contributed by atoms with E-state index in [0.717, 1.165) is 38.3 Å². The molecular weight excluding hydrogens is 448 g/mol. The molecule has 3 rings (SSSR count). The van der Waals surface area contributed by atoms with E-state index in [2.05, 4.69) is 34.6 Å². The number of aromatic hydroxyl groups is 1. The van der Waals surface area contributed by atoms with Crippen molar-refractivity contribution in [3.05, 3.63) is 58.7 Å². The normalized spacial score (nSPS) is 13.0. The van der Waals surface area contributed by atoms with Crippen LogP contribution in [0.5, 0.6) is 5.75 Å². The van der Waals surface area contributed by atoms with E-state index in [9.17, 15) is 23.1 Å². The smallest absolute Gasteiger partial charge is 0.399 e. The predicted octanol–water partition coefficient (Wildman–Crippen LogP) is 2.59. The molecule has 0 aromatic heterocycles. The number of nitrogens with zero attached hydrogens (tertiary/aromatic N) is 1. The maximum atomic E-state index is 13.0. The lowest BCUT2D eigenvalue weighted by atomic mass is 9.82. The van der Waals surface area contributed by atoms with Gasteiger partial charge in [-0.3, -0.25) is 18.0 Å². The highest BCUT2D eigenvalue weighted by molar-refractivity contribution is 7.81. The molecule has 1 aliphatic carbocycles. The lowest BCUT2D eigenvalue weighted by molar-refractivity contribution is -0.904. The molecule has 0 heterocycles. The van der Waals surface area contributed by atoms with Crippen LogP contribution in [0.2, 0.25) is 0 Å². The number of phenols is 1. The van der Waals surface area contributed by atoms with Crippen molar-refractivity contribution in [1.82, 2.24) is 0 Å². The average Bonchev–Trinajstić information content (AvgIpc) is 2.83. The quantitative estimate of drug-likeness (QED) is 0.374. The summed E-state index contributed by atoms with van der Waals surface area (Å²) in [5.41, 5.74) is 1.71. The maximum Gasteiger partial charge on any atom is 0.399 e. The number of hydrogen-bond donors (Lipinski definition) is 2. The molecule has 0 saturated heterocycles. The predicted molar refractivity (Wildman–Crippen MR) is 125 cm³/mol. The Balaban J connectivity index is 0.000000479. The number of rotatable bonds is 8.